The van der Waals surface area contributed by atoms with Gasteiger partial charge in [-0.3, -0.25) is 0 Å². The Hall–Kier alpha value is -1.95. The standard InChI is InChI=1S/C13H15N3O3/c1-13(4-6-19-7-5-13)16-11-8-9(12(17)18)2-3-10(11)14-15-16/h2-3,8H,4-7H2,1H3,(H,17,18). The number of fused-ring (bicyclic) bond motifs is 1. The van der Waals surface area contributed by atoms with E-state index in [2.05, 4.69) is 17.2 Å². The van der Waals surface area contributed by atoms with Gasteiger partial charge in [-0.15, -0.1) is 5.10 Å². The van der Waals surface area contributed by atoms with E-state index in [4.69, 9.17) is 9.84 Å². The number of rotatable bonds is 2. The van der Waals surface area contributed by atoms with Gasteiger partial charge in [0.25, 0.3) is 0 Å². The van der Waals surface area contributed by atoms with Gasteiger partial charge in [0, 0.05) is 13.2 Å². The molecule has 1 fully saturated rings. The van der Waals surface area contributed by atoms with E-state index in [0.717, 1.165) is 23.9 Å². The molecule has 1 aliphatic rings. The highest BCUT2D eigenvalue weighted by Gasteiger charge is 2.32. The summed E-state index contributed by atoms with van der Waals surface area (Å²) in [6, 6.07) is 4.89. The zero-order valence-corrected chi connectivity index (χ0v) is 10.7. The van der Waals surface area contributed by atoms with Crippen LogP contribution in [0, 0.1) is 0 Å². The van der Waals surface area contributed by atoms with Crippen molar-refractivity contribution in [2.45, 2.75) is 25.3 Å². The van der Waals surface area contributed by atoms with E-state index >= 15 is 0 Å². The number of nitrogens with zero attached hydrogens (tertiary/aromatic N) is 3. The third-order valence-corrected chi connectivity index (χ3v) is 3.77. The molecule has 1 saturated heterocycles. The molecule has 1 N–H and O–H groups in total. The fraction of sp³-hybridized carbons (Fsp3) is 0.462. The Morgan fingerprint density at radius 2 is 2.16 bits per heavy atom. The summed E-state index contributed by atoms with van der Waals surface area (Å²) in [6.45, 7) is 3.49. The van der Waals surface area contributed by atoms with Gasteiger partial charge in [0.1, 0.15) is 5.52 Å². The van der Waals surface area contributed by atoms with E-state index < -0.39 is 5.97 Å². The maximum atomic E-state index is 11.1. The molecule has 2 aromatic rings. The molecule has 1 aromatic carbocycles. The first-order valence-electron chi connectivity index (χ1n) is 6.27. The van der Waals surface area contributed by atoms with Gasteiger partial charge >= 0.3 is 5.97 Å². The van der Waals surface area contributed by atoms with Crippen LogP contribution in [0.4, 0.5) is 0 Å². The van der Waals surface area contributed by atoms with Crippen LogP contribution >= 0.6 is 0 Å². The van der Waals surface area contributed by atoms with E-state index in [9.17, 15) is 4.79 Å². The summed E-state index contributed by atoms with van der Waals surface area (Å²) < 4.78 is 7.23. The summed E-state index contributed by atoms with van der Waals surface area (Å²) in [5.41, 5.74) is 1.58. The molecule has 0 saturated carbocycles. The number of carboxylic acids is 1. The van der Waals surface area contributed by atoms with Crippen LogP contribution in [-0.4, -0.2) is 39.3 Å². The summed E-state index contributed by atoms with van der Waals surface area (Å²) in [5, 5.41) is 17.4. The Labute approximate surface area is 110 Å². The molecule has 0 spiro atoms. The van der Waals surface area contributed by atoms with Gasteiger partial charge in [-0.1, -0.05) is 5.21 Å². The first-order valence-corrected chi connectivity index (χ1v) is 6.27. The van der Waals surface area contributed by atoms with E-state index in [1.165, 1.54) is 0 Å². The molecule has 6 heteroatoms. The normalized spacial score (nSPS) is 18.6. The largest absolute Gasteiger partial charge is 0.478 e. The third kappa shape index (κ3) is 1.98. The van der Waals surface area contributed by atoms with Crippen molar-refractivity contribution in [3.8, 4) is 0 Å². The quantitative estimate of drug-likeness (QED) is 0.889. The highest BCUT2D eigenvalue weighted by Crippen LogP contribution is 2.30. The highest BCUT2D eigenvalue weighted by atomic mass is 16.5. The monoisotopic (exact) mass is 261 g/mol. The average Bonchev–Trinajstić information content (AvgIpc) is 2.83. The van der Waals surface area contributed by atoms with Crippen LogP contribution in [0.15, 0.2) is 18.2 Å². The molecule has 3 rings (SSSR count). The number of aromatic nitrogens is 3. The van der Waals surface area contributed by atoms with Crippen LogP contribution in [0.1, 0.15) is 30.1 Å². The number of carbonyl (C=O) groups is 1. The van der Waals surface area contributed by atoms with E-state index in [-0.39, 0.29) is 11.1 Å². The Balaban J connectivity index is 2.12. The lowest BCUT2D eigenvalue weighted by Gasteiger charge is -2.33. The van der Waals surface area contributed by atoms with E-state index in [1.54, 1.807) is 18.2 Å². The molecular formula is C13H15N3O3. The minimum Gasteiger partial charge on any atom is -0.478 e. The van der Waals surface area contributed by atoms with Crippen molar-refractivity contribution >= 4 is 17.0 Å². The van der Waals surface area contributed by atoms with Gasteiger partial charge in [0.05, 0.1) is 16.6 Å². The molecule has 100 valence electrons. The van der Waals surface area contributed by atoms with E-state index in [1.807, 2.05) is 4.68 Å². The average molecular weight is 261 g/mol. The lowest BCUT2D eigenvalue weighted by atomic mass is 9.92. The number of ether oxygens (including phenoxy) is 1. The molecule has 0 amide bonds. The number of hydrogen-bond donors (Lipinski definition) is 1. The fourth-order valence-corrected chi connectivity index (χ4v) is 2.47. The van der Waals surface area contributed by atoms with Gasteiger partial charge in [-0.05, 0) is 38.0 Å². The molecular weight excluding hydrogens is 246 g/mol. The Morgan fingerprint density at radius 3 is 2.84 bits per heavy atom. The van der Waals surface area contributed by atoms with Crippen molar-refractivity contribution in [1.82, 2.24) is 15.0 Å². The zero-order chi connectivity index (χ0) is 13.5. The van der Waals surface area contributed by atoms with Crippen LogP contribution in [0.3, 0.4) is 0 Å². The van der Waals surface area contributed by atoms with Crippen molar-refractivity contribution in [3.63, 3.8) is 0 Å². The van der Waals surface area contributed by atoms with Gasteiger partial charge < -0.3 is 9.84 Å². The van der Waals surface area contributed by atoms with Crippen LogP contribution in [0.2, 0.25) is 0 Å². The second kappa shape index (κ2) is 4.31. The SMILES string of the molecule is CC1(n2nnc3ccc(C(=O)O)cc32)CCOCC1. The molecule has 0 atom stereocenters. The third-order valence-electron chi connectivity index (χ3n) is 3.77. The molecule has 1 aliphatic heterocycles. The molecule has 19 heavy (non-hydrogen) atoms. The molecule has 6 nitrogen and oxygen atoms in total. The zero-order valence-electron chi connectivity index (χ0n) is 10.7. The second-order valence-corrected chi connectivity index (χ2v) is 5.12. The second-order valence-electron chi connectivity index (χ2n) is 5.12. The van der Waals surface area contributed by atoms with E-state index in [0.29, 0.717) is 13.2 Å². The maximum absolute atomic E-state index is 11.1. The number of carboxylic acid groups (broad SMARTS) is 1. The molecule has 0 bridgehead atoms. The summed E-state index contributed by atoms with van der Waals surface area (Å²) in [7, 11) is 0. The summed E-state index contributed by atoms with van der Waals surface area (Å²) in [5.74, 6) is -0.938. The van der Waals surface area contributed by atoms with Crippen molar-refractivity contribution in [2.75, 3.05) is 13.2 Å². The number of benzene rings is 1. The first kappa shape index (κ1) is 12.1. The van der Waals surface area contributed by atoms with Crippen molar-refractivity contribution in [1.29, 1.82) is 0 Å². The number of hydrogen-bond acceptors (Lipinski definition) is 4. The van der Waals surface area contributed by atoms with Crippen LogP contribution in [0.5, 0.6) is 0 Å². The highest BCUT2D eigenvalue weighted by molar-refractivity contribution is 5.92. The smallest absolute Gasteiger partial charge is 0.335 e. The summed E-state index contributed by atoms with van der Waals surface area (Å²) in [4.78, 5) is 11.1. The van der Waals surface area contributed by atoms with Gasteiger partial charge in [-0.25, -0.2) is 9.48 Å². The molecule has 0 radical (unpaired) electrons. The topological polar surface area (TPSA) is 77.2 Å². The Morgan fingerprint density at radius 1 is 1.42 bits per heavy atom. The summed E-state index contributed by atoms with van der Waals surface area (Å²) in [6.07, 6.45) is 1.70. The van der Waals surface area contributed by atoms with Gasteiger partial charge in [0.2, 0.25) is 0 Å². The Kier molecular flexibility index (Phi) is 2.74. The predicted octanol–water partition coefficient (Wildman–Crippen LogP) is 1.66. The molecule has 0 unspecified atom stereocenters. The molecule has 2 heterocycles. The fourth-order valence-electron chi connectivity index (χ4n) is 2.47. The summed E-state index contributed by atoms with van der Waals surface area (Å²) >= 11 is 0. The maximum Gasteiger partial charge on any atom is 0.335 e. The minimum atomic E-state index is -0.938. The molecule has 1 aromatic heterocycles. The van der Waals surface area contributed by atoms with Crippen LogP contribution in [0.25, 0.3) is 11.0 Å². The predicted molar refractivity (Wildman–Crippen MR) is 68.2 cm³/mol. The van der Waals surface area contributed by atoms with Crippen molar-refractivity contribution in [3.05, 3.63) is 23.8 Å². The van der Waals surface area contributed by atoms with Crippen molar-refractivity contribution in [2.24, 2.45) is 0 Å². The minimum absolute atomic E-state index is 0.163. The first-order chi connectivity index (χ1) is 9.10. The lowest BCUT2D eigenvalue weighted by molar-refractivity contribution is 0.0252. The van der Waals surface area contributed by atoms with Crippen LogP contribution < -0.4 is 0 Å². The van der Waals surface area contributed by atoms with Gasteiger partial charge in [-0.2, -0.15) is 0 Å². The lowest BCUT2D eigenvalue weighted by Crippen LogP contribution is -2.37. The number of aromatic carboxylic acids is 1. The Bertz CT molecular complexity index is 629. The van der Waals surface area contributed by atoms with Gasteiger partial charge in [0.15, 0.2) is 0 Å². The van der Waals surface area contributed by atoms with Crippen LogP contribution in [-0.2, 0) is 10.3 Å². The molecule has 0 aliphatic carbocycles. The van der Waals surface area contributed by atoms with Crippen molar-refractivity contribution < 1.29 is 14.6 Å².